The third kappa shape index (κ3) is 3.48. The molecule has 0 radical (unpaired) electrons. The lowest BCUT2D eigenvalue weighted by atomic mass is 10.1. The summed E-state index contributed by atoms with van der Waals surface area (Å²) in [6.45, 7) is 0.143. The smallest absolute Gasteiger partial charge is 0.159 e. The van der Waals surface area contributed by atoms with Gasteiger partial charge in [0, 0.05) is 6.54 Å². The summed E-state index contributed by atoms with van der Waals surface area (Å²) in [5, 5.41) is 13.5. The predicted octanol–water partition coefficient (Wildman–Crippen LogP) is 4.53. The number of aliphatic hydroxyl groups is 1. The van der Waals surface area contributed by atoms with E-state index >= 15 is 0 Å². The van der Waals surface area contributed by atoms with Crippen LogP contribution in [-0.4, -0.2) is 11.7 Å². The van der Waals surface area contributed by atoms with Crippen molar-refractivity contribution in [3.8, 4) is 0 Å². The minimum Gasteiger partial charge on any atom is -0.387 e. The van der Waals surface area contributed by atoms with Gasteiger partial charge in [-0.15, -0.1) is 0 Å². The third-order valence-corrected chi connectivity index (χ3v) is 4.16. The van der Waals surface area contributed by atoms with Crippen molar-refractivity contribution in [2.45, 2.75) is 6.10 Å². The van der Waals surface area contributed by atoms with E-state index in [9.17, 15) is 13.9 Å². The Labute approximate surface area is 128 Å². The van der Waals surface area contributed by atoms with Gasteiger partial charge in [0.1, 0.15) is 0 Å². The maximum Gasteiger partial charge on any atom is 0.159 e. The van der Waals surface area contributed by atoms with E-state index in [2.05, 4.69) is 21.2 Å². The molecule has 2 nitrogen and oxygen atoms in total. The minimum absolute atomic E-state index is 0.143. The molecule has 0 spiro atoms. The molecule has 0 bridgehead atoms. The number of anilines is 1. The molecule has 1 atom stereocenters. The van der Waals surface area contributed by atoms with Crippen LogP contribution >= 0.6 is 27.5 Å². The van der Waals surface area contributed by atoms with Crippen molar-refractivity contribution in [2.75, 3.05) is 11.9 Å². The molecule has 2 aromatic carbocycles. The summed E-state index contributed by atoms with van der Waals surface area (Å²) in [6.07, 6.45) is -0.962. The van der Waals surface area contributed by atoms with Gasteiger partial charge in [0.2, 0.25) is 0 Å². The van der Waals surface area contributed by atoms with Crippen LogP contribution in [0.5, 0.6) is 0 Å². The second-order valence-corrected chi connectivity index (χ2v) is 5.37. The molecule has 20 heavy (non-hydrogen) atoms. The second-order valence-electron chi connectivity index (χ2n) is 4.17. The SMILES string of the molecule is OC(CNc1cccc(Cl)c1Br)c1ccc(F)c(F)c1. The van der Waals surface area contributed by atoms with Crippen LogP contribution < -0.4 is 5.32 Å². The van der Waals surface area contributed by atoms with Crippen molar-refractivity contribution in [3.63, 3.8) is 0 Å². The zero-order valence-corrected chi connectivity index (χ0v) is 12.5. The van der Waals surface area contributed by atoms with Crippen LogP contribution in [0.25, 0.3) is 0 Å². The Hall–Kier alpha value is -1.17. The molecule has 2 aromatic rings. The van der Waals surface area contributed by atoms with Crippen LogP contribution in [0.15, 0.2) is 40.9 Å². The fourth-order valence-electron chi connectivity index (χ4n) is 1.68. The predicted molar refractivity (Wildman–Crippen MR) is 79.0 cm³/mol. The molecular formula is C14H11BrClF2NO. The summed E-state index contributed by atoms with van der Waals surface area (Å²) >= 11 is 9.27. The van der Waals surface area contributed by atoms with E-state index in [1.807, 2.05) is 0 Å². The van der Waals surface area contributed by atoms with Crippen molar-refractivity contribution in [1.82, 2.24) is 0 Å². The van der Waals surface area contributed by atoms with Gasteiger partial charge in [0.05, 0.1) is 21.3 Å². The molecule has 0 aliphatic heterocycles. The Morgan fingerprint density at radius 3 is 2.65 bits per heavy atom. The molecule has 0 aliphatic carbocycles. The average molecular weight is 363 g/mol. The summed E-state index contributed by atoms with van der Waals surface area (Å²) in [7, 11) is 0. The van der Waals surface area contributed by atoms with E-state index in [1.54, 1.807) is 18.2 Å². The molecule has 0 fully saturated rings. The van der Waals surface area contributed by atoms with E-state index in [4.69, 9.17) is 11.6 Å². The topological polar surface area (TPSA) is 32.3 Å². The molecule has 2 N–H and O–H groups in total. The lowest BCUT2D eigenvalue weighted by Crippen LogP contribution is -2.12. The highest BCUT2D eigenvalue weighted by atomic mass is 79.9. The molecule has 1 unspecified atom stereocenters. The van der Waals surface area contributed by atoms with Gasteiger partial charge in [-0.2, -0.15) is 0 Å². The van der Waals surface area contributed by atoms with Gasteiger partial charge in [0.25, 0.3) is 0 Å². The number of rotatable bonds is 4. The summed E-state index contributed by atoms with van der Waals surface area (Å²) in [4.78, 5) is 0. The van der Waals surface area contributed by atoms with Gasteiger partial charge >= 0.3 is 0 Å². The number of aliphatic hydroxyl groups excluding tert-OH is 1. The molecule has 0 aliphatic rings. The molecule has 0 heterocycles. The molecule has 106 valence electrons. The van der Waals surface area contributed by atoms with Gasteiger partial charge in [-0.05, 0) is 45.8 Å². The number of benzene rings is 2. The molecule has 0 saturated heterocycles. The first kappa shape index (κ1) is 15.2. The quantitative estimate of drug-likeness (QED) is 0.838. The normalized spacial score (nSPS) is 12.2. The van der Waals surface area contributed by atoms with Crippen LogP contribution in [-0.2, 0) is 0 Å². The van der Waals surface area contributed by atoms with E-state index in [1.165, 1.54) is 6.07 Å². The van der Waals surface area contributed by atoms with Gasteiger partial charge < -0.3 is 10.4 Å². The molecular weight excluding hydrogens is 352 g/mol. The fourth-order valence-corrected chi connectivity index (χ4v) is 2.26. The van der Waals surface area contributed by atoms with Crippen molar-refractivity contribution in [1.29, 1.82) is 0 Å². The zero-order chi connectivity index (χ0) is 14.7. The summed E-state index contributed by atoms with van der Waals surface area (Å²) in [5.41, 5.74) is 1.01. The van der Waals surface area contributed by atoms with E-state index in [-0.39, 0.29) is 6.54 Å². The van der Waals surface area contributed by atoms with Crippen molar-refractivity contribution >= 4 is 33.2 Å². The first-order valence-corrected chi connectivity index (χ1v) is 6.97. The highest BCUT2D eigenvalue weighted by Gasteiger charge is 2.12. The average Bonchev–Trinajstić information content (AvgIpc) is 2.43. The number of halogens is 4. The number of nitrogens with one attached hydrogen (secondary N) is 1. The van der Waals surface area contributed by atoms with Gasteiger partial charge in [-0.3, -0.25) is 0 Å². The number of hydrogen-bond acceptors (Lipinski definition) is 2. The Balaban J connectivity index is 2.06. The van der Waals surface area contributed by atoms with E-state index < -0.39 is 17.7 Å². The Morgan fingerprint density at radius 1 is 1.20 bits per heavy atom. The van der Waals surface area contributed by atoms with Gasteiger partial charge in [-0.1, -0.05) is 23.7 Å². The lowest BCUT2D eigenvalue weighted by Gasteiger charge is -2.15. The van der Waals surface area contributed by atoms with Crippen LogP contribution in [0.1, 0.15) is 11.7 Å². The molecule has 6 heteroatoms. The standard InChI is InChI=1S/C14H11BrClF2NO/c15-14-9(16)2-1-3-12(14)19-7-13(20)8-4-5-10(17)11(18)6-8/h1-6,13,19-20H,7H2. The van der Waals surface area contributed by atoms with Crippen LogP contribution in [0.2, 0.25) is 5.02 Å². The first-order valence-electron chi connectivity index (χ1n) is 5.80. The maximum absolute atomic E-state index is 13.1. The van der Waals surface area contributed by atoms with Crippen LogP contribution in [0.4, 0.5) is 14.5 Å². The Bertz CT molecular complexity index is 624. The number of hydrogen-bond donors (Lipinski definition) is 2. The molecule has 0 aromatic heterocycles. The van der Waals surface area contributed by atoms with Crippen molar-refractivity contribution in [3.05, 3.63) is 63.1 Å². The monoisotopic (exact) mass is 361 g/mol. The zero-order valence-electron chi connectivity index (χ0n) is 10.2. The van der Waals surface area contributed by atoms with E-state index in [0.717, 1.165) is 12.1 Å². The van der Waals surface area contributed by atoms with Gasteiger partial charge in [0.15, 0.2) is 11.6 Å². The maximum atomic E-state index is 13.1. The van der Waals surface area contributed by atoms with Crippen LogP contribution in [0, 0.1) is 11.6 Å². The summed E-state index contributed by atoms with van der Waals surface area (Å²) in [5.74, 6) is -1.92. The minimum atomic E-state index is -0.981. The molecule has 0 saturated carbocycles. The Morgan fingerprint density at radius 2 is 1.95 bits per heavy atom. The first-order chi connectivity index (χ1) is 9.49. The second kappa shape index (κ2) is 6.52. The van der Waals surface area contributed by atoms with Crippen molar-refractivity contribution < 1.29 is 13.9 Å². The summed E-state index contributed by atoms with van der Waals surface area (Å²) < 4.78 is 26.6. The molecule has 0 amide bonds. The lowest BCUT2D eigenvalue weighted by molar-refractivity contribution is 0.191. The third-order valence-electron chi connectivity index (χ3n) is 2.77. The van der Waals surface area contributed by atoms with Gasteiger partial charge in [-0.25, -0.2) is 8.78 Å². The molecule has 2 rings (SSSR count). The fraction of sp³-hybridized carbons (Fsp3) is 0.143. The van der Waals surface area contributed by atoms with E-state index in [0.29, 0.717) is 20.7 Å². The highest BCUT2D eigenvalue weighted by Crippen LogP contribution is 2.30. The Kier molecular flexibility index (Phi) is 4.96. The van der Waals surface area contributed by atoms with Crippen molar-refractivity contribution in [2.24, 2.45) is 0 Å². The largest absolute Gasteiger partial charge is 0.387 e. The highest BCUT2D eigenvalue weighted by molar-refractivity contribution is 9.10. The summed E-state index contributed by atoms with van der Waals surface area (Å²) in [6, 6.07) is 8.59. The van der Waals surface area contributed by atoms with Crippen LogP contribution in [0.3, 0.4) is 0 Å².